The molecule has 5 heteroatoms. The number of carbonyl (C=O) groups excluding carboxylic acids is 1. The summed E-state index contributed by atoms with van der Waals surface area (Å²) in [6.07, 6.45) is 0.265. The topological polar surface area (TPSA) is 68.0 Å². The van der Waals surface area contributed by atoms with E-state index < -0.39 is 0 Å². The van der Waals surface area contributed by atoms with E-state index in [0.717, 1.165) is 27.5 Å². The van der Waals surface area contributed by atoms with E-state index in [1.165, 1.54) is 11.3 Å². The fourth-order valence-electron chi connectivity index (χ4n) is 2.27. The summed E-state index contributed by atoms with van der Waals surface area (Å²) in [5.41, 5.74) is 10.2. The van der Waals surface area contributed by atoms with Gasteiger partial charge in [-0.1, -0.05) is 30.3 Å². The van der Waals surface area contributed by atoms with Crippen LogP contribution in [0.15, 0.2) is 53.9 Å². The average molecular weight is 323 g/mol. The zero-order valence-corrected chi connectivity index (χ0v) is 13.6. The van der Waals surface area contributed by atoms with E-state index in [0.29, 0.717) is 5.69 Å². The monoisotopic (exact) mass is 323 g/mol. The molecule has 1 amide bonds. The fraction of sp³-hybridized carbons (Fsp3) is 0.111. The van der Waals surface area contributed by atoms with Crippen LogP contribution in [0, 0.1) is 6.92 Å². The molecule has 3 rings (SSSR count). The molecular weight excluding hydrogens is 306 g/mol. The maximum Gasteiger partial charge on any atom is 0.231 e. The van der Waals surface area contributed by atoms with Gasteiger partial charge in [0.05, 0.1) is 12.1 Å². The summed E-state index contributed by atoms with van der Waals surface area (Å²) < 4.78 is 0. The van der Waals surface area contributed by atoms with Crippen LogP contribution in [0.1, 0.15) is 10.6 Å². The zero-order valence-electron chi connectivity index (χ0n) is 12.7. The number of aromatic nitrogens is 1. The molecule has 0 aliphatic heterocycles. The minimum atomic E-state index is -0.0622. The number of benzene rings is 2. The first-order chi connectivity index (χ1) is 11.1. The number of hydrogen-bond donors (Lipinski definition) is 2. The van der Waals surface area contributed by atoms with Crippen molar-refractivity contribution in [2.45, 2.75) is 13.3 Å². The van der Waals surface area contributed by atoms with Gasteiger partial charge in [-0.15, -0.1) is 11.3 Å². The van der Waals surface area contributed by atoms with Gasteiger partial charge >= 0.3 is 0 Å². The van der Waals surface area contributed by atoms with Crippen molar-refractivity contribution >= 4 is 28.6 Å². The van der Waals surface area contributed by atoms with Gasteiger partial charge in [-0.25, -0.2) is 4.98 Å². The number of carbonyl (C=O) groups is 1. The molecule has 0 unspecified atom stereocenters. The smallest absolute Gasteiger partial charge is 0.231 e. The molecular formula is C18H17N3OS. The third-order valence-electron chi connectivity index (χ3n) is 3.47. The Morgan fingerprint density at radius 2 is 2.04 bits per heavy atom. The largest absolute Gasteiger partial charge is 0.399 e. The van der Waals surface area contributed by atoms with E-state index in [4.69, 9.17) is 5.73 Å². The van der Waals surface area contributed by atoms with E-state index in [9.17, 15) is 4.79 Å². The van der Waals surface area contributed by atoms with Crippen LogP contribution >= 0.6 is 11.3 Å². The van der Waals surface area contributed by atoms with Gasteiger partial charge in [-0.2, -0.15) is 0 Å². The first-order valence-corrected chi connectivity index (χ1v) is 8.15. The number of hydrogen-bond acceptors (Lipinski definition) is 4. The minimum Gasteiger partial charge on any atom is -0.399 e. The van der Waals surface area contributed by atoms with Crippen LogP contribution in [-0.4, -0.2) is 10.9 Å². The van der Waals surface area contributed by atoms with Crippen LogP contribution in [0.25, 0.3) is 11.3 Å². The van der Waals surface area contributed by atoms with Crippen molar-refractivity contribution in [1.29, 1.82) is 0 Å². The fourth-order valence-corrected chi connectivity index (χ4v) is 3.07. The summed E-state index contributed by atoms with van der Waals surface area (Å²) >= 11 is 1.48. The lowest BCUT2D eigenvalue weighted by molar-refractivity contribution is -0.115. The van der Waals surface area contributed by atoms with E-state index in [1.807, 2.05) is 60.8 Å². The predicted octanol–water partition coefficient (Wildman–Crippen LogP) is 3.88. The van der Waals surface area contributed by atoms with Crippen LogP contribution in [0.5, 0.6) is 0 Å². The first-order valence-electron chi connectivity index (χ1n) is 7.27. The molecule has 2 aromatic carbocycles. The van der Waals surface area contributed by atoms with Gasteiger partial charge in [0.15, 0.2) is 0 Å². The molecule has 3 N–H and O–H groups in total. The quantitative estimate of drug-likeness (QED) is 0.716. The number of nitrogens with two attached hydrogens (primary N) is 1. The third-order valence-corrected chi connectivity index (χ3v) is 4.31. The highest BCUT2D eigenvalue weighted by Crippen LogP contribution is 2.24. The summed E-state index contributed by atoms with van der Waals surface area (Å²) in [5.74, 6) is -0.0622. The van der Waals surface area contributed by atoms with Crippen molar-refractivity contribution in [3.63, 3.8) is 0 Å². The molecule has 0 saturated carbocycles. The Morgan fingerprint density at radius 3 is 2.83 bits per heavy atom. The number of para-hydroxylation sites is 1. The molecule has 0 fully saturated rings. The lowest BCUT2D eigenvalue weighted by Crippen LogP contribution is -2.14. The first kappa shape index (κ1) is 15.2. The van der Waals surface area contributed by atoms with E-state index >= 15 is 0 Å². The Hall–Kier alpha value is -2.66. The van der Waals surface area contributed by atoms with Gasteiger partial charge in [0, 0.05) is 22.3 Å². The number of nitrogens with zero attached hydrogens (tertiary/aromatic N) is 1. The summed E-state index contributed by atoms with van der Waals surface area (Å²) in [6.45, 7) is 1.97. The summed E-state index contributed by atoms with van der Waals surface area (Å²) in [7, 11) is 0. The molecule has 1 heterocycles. The number of nitrogen functional groups attached to an aromatic ring is 1. The van der Waals surface area contributed by atoms with Gasteiger partial charge in [0.2, 0.25) is 5.91 Å². The SMILES string of the molecule is Cc1ccccc1NC(=O)Cc1nc(-c2cccc(N)c2)cs1. The normalized spacial score (nSPS) is 10.5. The maximum absolute atomic E-state index is 12.2. The van der Waals surface area contributed by atoms with Gasteiger partial charge in [-0.3, -0.25) is 4.79 Å². The Kier molecular flexibility index (Phi) is 4.39. The molecule has 0 aliphatic rings. The summed E-state index contributed by atoms with van der Waals surface area (Å²) in [4.78, 5) is 16.7. The second kappa shape index (κ2) is 6.62. The van der Waals surface area contributed by atoms with E-state index in [-0.39, 0.29) is 12.3 Å². The molecule has 1 aromatic heterocycles. The van der Waals surface area contributed by atoms with Crippen LogP contribution in [-0.2, 0) is 11.2 Å². The molecule has 0 aliphatic carbocycles. The van der Waals surface area contributed by atoms with E-state index in [2.05, 4.69) is 10.3 Å². The highest BCUT2D eigenvalue weighted by molar-refractivity contribution is 7.10. The van der Waals surface area contributed by atoms with Crippen LogP contribution < -0.4 is 11.1 Å². The van der Waals surface area contributed by atoms with Crippen LogP contribution in [0.2, 0.25) is 0 Å². The van der Waals surface area contributed by atoms with Crippen molar-refractivity contribution < 1.29 is 4.79 Å². The van der Waals surface area contributed by atoms with Crippen molar-refractivity contribution in [3.05, 3.63) is 64.5 Å². The number of amides is 1. The molecule has 4 nitrogen and oxygen atoms in total. The molecule has 0 bridgehead atoms. The number of rotatable bonds is 4. The molecule has 116 valence electrons. The molecule has 23 heavy (non-hydrogen) atoms. The third kappa shape index (κ3) is 3.76. The van der Waals surface area contributed by atoms with Crippen molar-refractivity contribution in [2.24, 2.45) is 0 Å². The predicted molar refractivity (Wildman–Crippen MR) is 95.5 cm³/mol. The van der Waals surface area contributed by atoms with Gasteiger partial charge in [0.1, 0.15) is 5.01 Å². The summed E-state index contributed by atoms with van der Waals surface area (Å²) in [5, 5.41) is 5.66. The van der Waals surface area contributed by atoms with Crippen LogP contribution in [0.3, 0.4) is 0 Å². The highest BCUT2D eigenvalue weighted by atomic mass is 32.1. The lowest BCUT2D eigenvalue weighted by atomic mass is 10.1. The number of aryl methyl sites for hydroxylation is 1. The number of anilines is 2. The molecule has 3 aromatic rings. The standard InChI is InChI=1S/C18H17N3OS/c1-12-5-2-3-8-15(12)20-17(22)10-18-21-16(11-23-18)13-6-4-7-14(19)9-13/h2-9,11H,10,19H2,1H3,(H,20,22). The molecule has 0 radical (unpaired) electrons. The Morgan fingerprint density at radius 1 is 1.22 bits per heavy atom. The lowest BCUT2D eigenvalue weighted by Gasteiger charge is -2.06. The Balaban J connectivity index is 1.69. The second-order valence-electron chi connectivity index (χ2n) is 5.29. The Bertz CT molecular complexity index is 842. The number of thiazole rings is 1. The molecule has 0 atom stereocenters. The summed E-state index contributed by atoms with van der Waals surface area (Å²) in [6, 6.07) is 15.3. The molecule has 0 saturated heterocycles. The van der Waals surface area contributed by atoms with Gasteiger partial charge in [0.25, 0.3) is 0 Å². The van der Waals surface area contributed by atoms with Gasteiger partial charge < -0.3 is 11.1 Å². The zero-order chi connectivity index (χ0) is 16.2. The van der Waals surface area contributed by atoms with Crippen molar-refractivity contribution in [1.82, 2.24) is 4.98 Å². The maximum atomic E-state index is 12.2. The minimum absolute atomic E-state index is 0.0622. The average Bonchev–Trinajstić information content (AvgIpc) is 2.98. The Labute approximate surface area is 139 Å². The highest BCUT2D eigenvalue weighted by Gasteiger charge is 2.10. The van der Waals surface area contributed by atoms with Gasteiger partial charge in [-0.05, 0) is 30.7 Å². The van der Waals surface area contributed by atoms with Crippen molar-refractivity contribution in [2.75, 3.05) is 11.1 Å². The second-order valence-corrected chi connectivity index (χ2v) is 6.23. The van der Waals surface area contributed by atoms with E-state index in [1.54, 1.807) is 0 Å². The number of nitrogens with one attached hydrogen (secondary N) is 1. The van der Waals surface area contributed by atoms with Crippen molar-refractivity contribution in [3.8, 4) is 11.3 Å². The molecule has 0 spiro atoms. The van der Waals surface area contributed by atoms with Crippen LogP contribution in [0.4, 0.5) is 11.4 Å².